The molecule has 0 saturated carbocycles. The second-order valence-corrected chi connectivity index (χ2v) is 7.78. The predicted molar refractivity (Wildman–Crippen MR) is 117 cm³/mol. The van der Waals surface area contributed by atoms with Crippen molar-refractivity contribution in [3.8, 4) is 11.5 Å². The average Bonchev–Trinajstić information content (AvgIpc) is 2.77. The summed E-state index contributed by atoms with van der Waals surface area (Å²) in [4.78, 5) is 35.6. The second kappa shape index (κ2) is 11.3. The Kier molecular flexibility index (Phi) is 8.17. The summed E-state index contributed by atoms with van der Waals surface area (Å²) in [6.45, 7) is 2.62. The normalized spacial score (nSPS) is 12.0. The molecule has 2 amide bonds. The molecule has 0 spiro atoms. The van der Waals surface area contributed by atoms with Crippen molar-refractivity contribution in [3.05, 3.63) is 48.0 Å². The van der Waals surface area contributed by atoms with Crippen molar-refractivity contribution >= 4 is 35.2 Å². The van der Waals surface area contributed by atoms with Crippen LogP contribution in [0.5, 0.6) is 11.5 Å². The maximum atomic E-state index is 11.9. The molecular weight excluding hydrogens is 420 g/mol. The highest BCUT2D eigenvalue weighted by atomic mass is 32.2. The van der Waals surface area contributed by atoms with E-state index in [9.17, 15) is 14.4 Å². The molecule has 1 heterocycles. The number of thioether (sulfide) groups is 1. The van der Waals surface area contributed by atoms with E-state index in [-0.39, 0.29) is 24.2 Å². The van der Waals surface area contributed by atoms with Crippen molar-refractivity contribution in [1.29, 1.82) is 0 Å². The number of nitrogens with one attached hydrogen (secondary N) is 2. The molecule has 0 saturated heterocycles. The Morgan fingerprint density at radius 3 is 2.52 bits per heavy atom. The smallest absolute Gasteiger partial charge is 0.316 e. The number of amides is 2. The molecule has 0 bridgehead atoms. The molecule has 1 aliphatic heterocycles. The van der Waals surface area contributed by atoms with E-state index in [1.807, 2.05) is 18.2 Å². The SMILES string of the molecule is CC(=O)Nc1ccc(SCC(=O)OCC(=O)NCCc2ccc3c(c2)OCCO3)cc1. The number of hydrogen-bond donors (Lipinski definition) is 2. The van der Waals surface area contributed by atoms with Crippen LogP contribution in [0.3, 0.4) is 0 Å². The maximum Gasteiger partial charge on any atom is 0.316 e. The standard InChI is InChI=1S/C22H24N2O6S/c1-15(25)24-17-3-5-18(6-4-17)31-14-22(27)30-13-21(26)23-9-8-16-2-7-19-20(12-16)29-11-10-28-19/h2-7,12H,8-11,13-14H2,1H3,(H,23,26)(H,24,25). The summed E-state index contributed by atoms with van der Waals surface area (Å²) in [5, 5.41) is 5.41. The van der Waals surface area contributed by atoms with Gasteiger partial charge in [-0.3, -0.25) is 14.4 Å². The number of ether oxygens (including phenoxy) is 3. The van der Waals surface area contributed by atoms with Crippen LogP contribution < -0.4 is 20.1 Å². The first kappa shape index (κ1) is 22.5. The molecular formula is C22H24N2O6S. The minimum atomic E-state index is -0.474. The van der Waals surface area contributed by atoms with Gasteiger partial charge in [-0.2, -0.15) is 0 Å². The van der Waals surface area contributed by atoms with Gasteiger partial charge in [-0.15, -0.1) is 11.8 Å². The zero-order valence-electron chi connectivity index (χ0n) is 17.1. The minimum absolute atomic E-state index is 0.0873. The Labute approximate surface area is 184 Å². The third-order valence-corrected chi connectivity index (χ3v) is 5.22. The molecule has 9 heteroatoms. The summed E-state index contributed by atoms with van der Waals surface area (Å²) in [7, 11) is 0. The van der Waals surface area contributed by atoms with Gasteiger partial charge < -0.3 is 24.8 Å². The topological polar surface area (TPSA) is 103 Å². The van der Waals surface area contributed by atoms with Crippen molar-refractivity contribution in [3.63, 3.8) is 0 Å². The van der Waals surface area contributed by atoms with Crippen molar-refractivity contribution in [2.45, 2.75) is 18.2 Å². The minimum Gasteiger partial charge on any atom is -0.486 e. The van der Waals surface area contributed by atoms with E-state index in [2.05, 4.69) is 10.6 Å². The van der Waals surface area contributed by atoms with Crippen molar-refractivity contribution in [2.75, 3.05) is 37.4 Å². The number of rotatable bonds is 9. The number of carbonyl (C=O) groups excluding carboxylic acids is 3. The lowest BCUT2D eigenvalue weighted by molar-refractivity contribution is -0.145. The van der Waals surface area contributed by atoms with Gasteiger partial charge in [-0.25, -0.2) is 0 Å². The molecule has 31 heavy (non-hydrogen) atoms. The molecule has 2 aromatic carbocycles. The Bertz CT molecular complexity index is 932. The molecule has 3 rings (SSSR count). The van der Waals surface area contributed by atoms with Crippen molar-refractivity contribution < 1.29 is 28.6 Å². The van der Waals surface area contributed by atoms with Gasteiger partial charge in [0.25, 0.3) is 5.91 Å². The molecule has 0 aromatic heterocycles. The van der Waals surface area contributed by atoms with Crippen molar-refractivity contribution in [1.82, 2.24) is 5.32 Å². The molecule has 8 nitrogen and oxygen atoms in total. The largest absolute Gasteiger partial charge is 0.486 e. The zero-order valence-corrected chi connectivity index (χ0v) is 18.0. The molecule has 0 fully saturated rings. The number of hydrogen-bond acceptors (Lipinski definition) is 7. The summed E-state index contributed by atoms with van der Waals surface area (Å²) in [5.41, 5.74) is 1.70. The summed E-state index contributed by atoms with van der Waals surface area (Å²) in [5.74, 6) is 0.560. The van der Waals surface area contributed by atoms with Crippen LogP contribution in [0.1, 0.15) is 12.5 Å². The lowest BCUT2D eigenvalue weighted by Crippen LogP contribution is -2.30. The van der Waals surface area contributed by atoms with Crippen LogP contribution in [0, 0.1) is 0 Å². The fraction of sp³-hybridized carbons (Fsp3) is 0.318. The first-order valence-electron chi connectivity index (χ1n) is 9.81. The van der Waals surface area contributed by atoms with E-state index < -0.39 is 5.97 Å². The first-order valence-corrected chi connectivity index (χ1v) is 10.8. The molecule has 164 valence electrons. The van der Waals surface area contributed by atoms with Gasteiger partial charge in [0.05, 0.1) is 5.75 Å². The highest BCUT2D eigenvalue weighted by molar-refractivity contribution is 8.00. The lowest BCUT2D eigenvalue weighted by Gasteiger charge is -2.18. The number of fused-ring (bicyclic) bond motifs is 1. The third kappa shape index (κ3) is 7.53. The number of anilines is 1. The van der Waals surface area contributed by atoms with Crippen LogP contribution in [0.25, 0.3) is 0 Å². The Hall–Kier alpha value is -3.20. The van der Waals surface area contributed by atoms with E-state index in [1.165, 1.54) is 18.7 Å². The van der Waals surface area contributed by atoms with Gasteiger partial charge in [0.1, 0.15) is 13.2 Å². The van der Waals surface area contributed by atoms with Crippen LogP contribution in [-0.2, 0) is 25.5 Å². The molecule has 1 aliphatic rings. The lowest BCUT2D eigenvalue weighted by atomic mass is 10.1. The van der Waals surface area contributed by atoms with Crippen LogP contribution >= 0.6 is 11.8 Å². The first-order chi connectivity index (χ1) is 15.0. The number of carbonyl (C=O) groups is 3. The van der Waals surface area contributed by atoms with Crippen LogP contribution in [0.15, 0.2) is 47.4 Å². The monoisotopic (exact) mass is 444 g/mol. The zero-order chi connectivity index (χ0) is 22.1. The molecule has 0 aliphatic carbocycles. The quantitative estimate of drug-likeness (QED) is 0.452. The Morgan fingerprint density at radius 2 is 1.77 bits per heavy atom. The molecule has 0 unspecified atom stereocenters. The van der Waals surface area contributed by atoms with E-state index in [1.54, 1.807) is 24.3 Å². The molecule has 0 radical (unpaired) electrons. The Balaban J connectivity index is 1.31. The summed E-state index contributed by atoms with van der Waals surface area (Å²) in [6.07, 6.45) is 0.626. The highest BCUT2D eigenvalue weighted by Crippen LogP contribution is 2.30. The fourth-order valence-corrected chi connectivity index (χ4v) is 3.50. The maximum absolute atomic E-state index is 11.9. The molecule has 2 aromatic rings. The van der Waals surface area contributed by atoms with Gasteiger partial charge in [0, 0.05) is 24.1 Å². The van der Waals surface area contributed by atoms with Gasteiger partial charge in [-0.05, 0) is 48.4 Å². The van der Waals surface area contributed by atoms with Gasteiger partial charge in [-0.1, -0.05) is 6.07 Å². The average molecular weight is 445 g/mol. The van der Waals surface area contributed by atoms with Gasteiger partial charge in [0.2, 0.25) is 5.91 Å². The van der Waals surface area contributed by atoms with E-state index in [4.69, 9.17) is 14.2 Å². The third-order valence-electron chi connectivity index (χ3n) is 4.24. The van der Waals surface area contributed by atoms with Gasteiger partial charge >= 0.3 is 5.97 Å². The molecule has 2 N–H and O–H groups in total. The van der Waals surface area contributed by atoms with Gasteiger partial charge in [0.15, 0.2) is 18.1 Å². The van der Waals surface area contributed by atoms with E-state index in [0.717, 1.165) is 16.2 Å². The summed E-state index contributed by atoms with van der Waals surface area (Å²) >= 11 is 1.29. The summed E-state index contributed by atoms with van der Waals surface area (Å²) in [6, 6.07) is 12.8. The number of esters is 1. The van der Waals surface area contributed by atoms with Crippen LogP contribution in [-0.4, -0.2) is 49.9 Å². The van der Waals surface area contributed by atoms with Crippen molar-refractivity contribution in [2.24, 2.45) is 0 Å². The summed E-state index contributed by atoms with van der Waals surface area (Å²) < 4.78 is 16.0. The second-order valence-electron chi connectivity index (χ2n) is 6.73. The molecule has 0 atom stereocenters. The van der Waals surface area contributed by atoms with Crippen LogP contribution in [0.2, 0.25) is 0 Å². The predicted octanol–water partition coefficient (Wildman–Crippen LogP) is 2.41. The fourth-order valence-electron chi connectivity index (χ4n) is 2.81. The van der Waals surface area contributed by atoms with E-state index in [0.29, 0.717) is 37.6 Å². The van der Waals surface area contributed by atoms with E-state index >= 15 is 0 Å². The van der Waals surface area contributed by atoms with Crippen LogP contribution in [0.4, 0.5) is 5.69 Å². The number of benzene rings is 2. The Morgan fingerprint density at radius 1 is 1.03 bits per heavy atom. The highest BCUT2D eigenvalue weighted by Gasteiger charge is 2.12.